The van der Waals surface area contributed by atoms with Gasteiger partial charge in [0.25, 0.3) is 0 Å². The molecule has 1 atom stereocenters. The van der Waals surface area contributed by atoms with Crippen LogP contribution in [-0.4, -0.2) is 6.04 Å². The van der Waals surface area contributed by atoms with Gasteiger partial charge in [-0.2, -0.15) is 0 Å². The molecule has 0 aromatic heterocycles. The summed E-state index contributed by atoms with van der Waals surface area (Å²) in [5.74, 6) is 1.75. The Hall–Kier alpha value is -0.0400. The van der Waals surface area contributed by atoms with Crippen LogP contribution in [0.5, 0.6) is 0 Å². The highest BCUT2D eigenvalue weighted by molar-refractivity contribution is 4.84. The maximum absolute atomic E-state index is 6.35. The number of hydrogen-bond donors (Lipinski definition) is 1. The molecule has 0 bridgehead atoms. The van der Waals surface area contributed by atoms with Gasteiger partial charge >= 0.3 is 0 Å². The number of hydrogen-bond acceptors (Lipinski definition) is 1. The first-order valence-corrected chi connectivity index (χ1v) is 6.13. The summed E-state index contributed by atoms with van der Waals surface area (Å²) in [7, 11) is 0. The van der Waals surface area contributed by atoms with E-state index in [1.807, 2.05) is 0 Å². The van der Waals surface area contributed by atoms with E-state index in [9.17, 15) is 0 Å². The van der Waals surface area contributed by atoms with E-state index in [1.165, 1.54) is 57.8 Å². The van der Waals surface area contributed by atoms with Crippen LogP contribution < -0.4 is 5.73 Å². The molecule has 13 heavy (non-hydrogen) atoms. The van der Waals surface area contributed by atoms with E-state index < -0.39 is 0 Å². The second-order valence-corrected chi connectivity index (χ2v) is 5.02. The van der Waals surface area contributed by atoms with Gasteiger partial charge in [0.1, 0.15) is 0 Å². The van der Waals surface area contributed by atoms with Crippen molar-refractivity contribution in [3.63, 3.8) is 0 Å². The molecular formula is C12H23N. The standard InChI is InChI=1S/C12H23N/c13-12(11-8-4-5-9-11)10-6-2-1-3-7-10/h10-12H,1-9,13H2. The molecule has 1 unspecified atom stereocenters. The summed E-state index contributed by atoms with van der Waals surface area (Å²) < 4.78 is 0. The summed E-state index contributed by atoms with van der Waals surface area (Å²) >= 11 is 0. The minimum Gasteiger partial charge on any atom is -0.327 e. The van der Waals surface area contributed by atoms with Crippen LogP contribution in [0.3, 0.4) is 0 Å². The Morgan fingerprint density at radius 1 is 0.692 bits per heavy atom. The molecule has 0 aliphatic heterocycles. The van der Waals surface area contributed by atoms with E-state index in [-0.39, 0.29) is 0 Å². The molecule has 2 aliphatic rings. The van der Waals surface area contributed by atoms with Crippen molar-refractivity contribution >= 4 is 0 Å². The molecule has 76 valence electrons. The zero-order chi connectivity index (χ0) is 9.10. The van der Waals surface area contributed by atoms with Crippen LogP contribution in [0.2, 0.25) is 0 Å². The highest BCUT2D eigenvalue weighted by atomic mass is 14.7. The molecule has 2 aliphatic carbocycles. The molecule has 0 amide bonds. The highest BCUT2D eigenvalue weighted by Crippen LogP contribution is 2.35. The molecule has 0 radical (unpaired) electrons. The lowest BCUT2D eigenvalue weighted by Crippen LogP contribution is -2.37. The van der Waals surface area contributed by atoms with Crippen molar-refractivity contribution in [3.8, 4) is 0 Å². The molecule has 1 heteroatoms. The van der Waals surface area contributed by atoms with Crippen LogP contribution in [0.1, 0.15) is 57.8 Å². The van der Waals surface area contributed by atoms with Crippen molar-refractivity contribution in [2.45, 2.75) is 63.8 Å². The monoisotopic (exact) mass is 181 g/mol. The SMILES string of the molecule is NC(C1CCCCC1)C1CCCC1. The molecule has 0 heterocycles. The maximum Gasteiger partial charge on any atom is 0.00956 e. The van der Waals surface area contributed by atoms with Gasteiger partial charge in [-0.3, -0.25) is 0 Å². The predicted octanol–water partition coefficient (Wildman–Crippen LogP) is 3.08. The lowest BCUT2D eigenvalue weighted by atomic mass is 9.78. The third-order valence-corrected chi connectivity index (χ3v) is 4.14. The van der Waals surface area contributed by atoms with Gasteiger partial charge in [0.2, 0.25) is 0 Å². The first kappa shape index (κ1) is 9.51. The average Bonchev–Trinajstić information content (AvgIpc) is 2.71. The van der Waals surface area contributed by atoms with Crippen LogP contribution >= 0.6 is 0 Å². The van der Waals surface area contributed by atoms with Crippen molar-refractivity contribution in [2.75, 3.05) is 0 Å². The van der Waals surface area contributed by atoms with E-state index in [0.29, 0.717) is 6.04 Å². The third-order valence-electron chi connectivity index (χ3n) is 4.14. The second kappa shape index (κ2) is 4.45. The Bertz CT molecular complexity index is 143. The van der Waals surface area contributed by atoms with Crippen LogP contribution in [0.25, 0.3) is 0 Å². The minimum absolute atomic E-state index is 0.544. The Morgan fingerprint density at radius 2 is 1.08 bits per heavy atom. The summed E-state index contributed by atoms with van der Waals surface area (Å²) in [5, 5.41) is 0. The predicted molar refractivity (Wildman–Crippen MR) is 56.5 cm³/mol. The van der Waals surface area contributed by atoms with Crippen molar-refractivity contribution in [2.24, 2.45) is 17.6 Å². The molecule has 0 spiro atoms. The van der Waals surface area contributed by atoms with Gasteiger partial charge in [-0.15, -0.1) is 0 Å². The number of nitrogens with two attached hydrogens (primary N) is 1. The second-order valence-electron chi connectivity index (χ2n) is 5.02. The summed E-state index contributed by atoms with van der Waals surface area (Å²) in [6.45, 7) is 0. The molecule has 2 rings (SSSR count). The summed E-state index contributed by atoms with van der Waals surface area (Å²) in [4.78, 5) is 0. The zero-order valence-electron chi connectivity index (χ0n) is 8.67. The average molecular weight is 181 g/mol. The quantitative estimate of drug-likeness (QED) is 0.696. The molecule has 1 nitrogen and oxygen atoms in total. The van der Waals surface area contributed by atoms with E-state index in [4.69, 9.17) is 5.73 Å². The number of rotatable bonds is 2. The molecule has 2 N–H and O–H groups in total. The first-order valence-electron chi connectivity index (χ1n) is 6.13. The largest absolute Gasteiger partial charge is 0.327 e. The molecule has 0 saturated heterocycles. The first-order chi connectivity index (χ1) is 6.38. The van der Waals surface area contributed by atoms with Crippen molar-refractivity contribution in [1.82, 2.24) is 0 Å². The zero-order valence-corrected chi connectivity index (χ0v) is 8.67. The van der Waals surface area contributed by atoms with Gasteiger partial charge in [-0.05, 0) is 37.5 Å². The molecular weight excluding hydrogens is 158 g/mol. The summed E-state index contributed by atoms with van der Waals surface area (Å²) in [6.07, 6.45) is 12.9. The Labute approximate surface area is 82.1 Å². The highest BCUT2D eigenvalue weighted by Gasteiger charge is 2.29. The molecule has 2 fully saturated rings. The van der Waals surface area contributed by atoms with Gasteiger partial charge in [-0.25, -0.2) is 0 Å². The van der Waals surface area contributed by atoms with Crippen molar-refractivity contribution in [1.29, 1.82) is 0 Å². The Balaban J connectivity index is 1.83. The van der Waals surface area contributed by atoms with Gasteiger partial charge in [0.15, 0.2) is 0 Å². The fraction of sp³-hybridized carbons (Fsp3) is 1.00. The van der Waals surface area contributed by atoms with Crippen molar-refractivity contribution < 1.29 is 0 Å². The van der Waals surface area contributed by atoms with Crippen molar-refractivity contribution in [3.05, 3.63) is 0 Å². The fourth-order valence-electron chi connectivity index (χ4n) is 3.25. The Morgan fingerprint density at radius 3 is 1.54 bits per heavy atom. The molecule has 2 saturated carbocycles. The summed E-state index contributed by atoms with van der Waals surface area (Å²) in [5.41, 5.74) is 6.35. The van der Waals surface area contributed by atoms with Crippen LogP contribution in [0.4, 0.5) is 0 Å². The van der Waals surface area contributed by atoms with E-state index in [2.05, 4.69) is 0 Å². The van der Waals surface area contributed by atoms with E-state index in [0.717, 1.165) is 11.8 Å². The normalized spacial score (nSPS) is 29.3. The topological polar surface area (TPSA) is 26.0 Å². The fourth-order valence-corrected chi connectivity index (χ4v) is 3.25. The van der Waals surface area contributed by atoms with Gasteiger partial charge in [0, 0.05) is 6.04 Å². The van der Waals surface area contributed by atoms with E-state index in [1.54, 1.807) is 0 Å². The van der Waals surface area contributed by atoms with Gasteiger partial charge < -0.3 is 5.73 Å². The smallest absolute Gasteiger partial charge is 0.00956 e. The van der Waals surface area contributed by atoms with Crippen LogP contribution in [0.15, 0.2) is 0 Å². The summed E-state index contributed by atoms with van der Waals surface area (Å²) in [6, 6.07) is 0.544. The lowest BCUT2D eigenvalue weighted by molar-refractivity contribution is 0.245. The molecule has 0 aromatic rings. The third kappa shape index (κ3) is 2.25. The van der Waals surface area contributed by atoms with Crippen LogP contribution in [-0.2, 0) is 0 Å². The minimum atomic E-state index is 0.544. The van der Waals surface area contributed by atoms with Gasteiger partial charge in [0.05, 0.1) is 0 Å². The van der Waals surface area contributed by atoms with Crippen LogP contribution in [0, 0.1) is 11.8 Å². The Kier molecular flexibility index (Phi) is 3.26. The van der Waals surface area contributed by atoms with E-state index >= 15 is 0 Å². The van der Waals surface area contributed by atoms with Gasteiger partial charge in [-0.1, -0.05) is 32.1 Å². The lowest BCUT2D eigenvalue weighted by Gasteiger charge is -2.31. The maximum atomic E-state index is 6.35. The molecule has 0 aromatic carbocycles.